The smallest absolute Gasteiger partial charge is 0.159 e. The van der Waals surface area contributed by atoms with Crippen LogP contribution in [0.2, 0.25) is 0 Å². The van der Waals surface area contributed by atoms with Crippen LogP contribution in [-0.4, -0.2) is 16.7 Å². The number of rotatable bonds is 4. The molecule has 0 aliphatic carbocycles. The molecule has 1 heterocycles. The summed E-state index contributed by atoms with van der Waals surface area (Å²) >= 11 is 1.46. The Balaban J connectivity index is 2.26. The van der Waals surface area contributed by atoms with Gasteiger partial charge in [-0.2, -0.15) is 0 Å². The summed E-state index contributed by atoms with van der Waals surface area (Å²) in [7, 11) is 0. The Bertz CT molecular complexity index is 542. The van der Waals surface area contributed by atoms with E-state index in [0.717, 1.165) is 17.1 Å². The lowest BCUT2D eigenvalue weighted by atomic mass is 10.1. The lowest BCUT2D eigenvalue weighted by Crippen LogP contribution is -1.96. The highest BCUT2D eigenvalue weighted by Crippen LogP contribution is 2.28. The van der Waals surface area contributed by atoms with Crippen molar-refractivity contribution in [3.63, 3.8) is 0 Å². The summed E-state index contributed by atoms with van der Waals surface area (Å²) < 4.78 is 25.9. The van der Waals surface area contributed by atoms with Crippen LogP contribution in [0, 0.1) is 11.6 Å². The van der Waals surface area contributed by atoms with E-state index in [1.54, 1.807) is 0 Å². The predicted octanol–water partition coefficient (Wildman–Crippen LogP) is 3.57. The number of aromatic nitrogens is 1. The van der Waals surface area contributed by atoms with Gasteiger partial charge in [0.15, 0.2) is 11.6 Å². The molecule has 0 aliphatic rings. The number of hydrogen-bond acceptors (Lipinski definition) is 3. The largest absolute Gasteiger partial charge is 0.396 e. The Morgan fingerprint density at radius 2 is 2.11 bits per heavy atom. The number of aliphatic hydroxyl groups is 1. The number of nitrogens with zero attached hydrogens (tertiary/aromatic N) is 1. The van der Waals surface area contributed by atoms with Gasteiger partial charge in [-0.1, -0.05) is 6.92 Å². The highest BCUT2D eigenvalue weighted by atomic mass is 32.1. The van der Waals surface area contributed by atoms with Gasteiger partial charge in [-0.05, 0) is 24.6 Å². The zero-order chi connectivity index (χ0) is 13.1. The average Bonchev–Trinajstić information content (AvgIpc) is 2.82. The van der Waals surface area contributed by atoms with E-state index in [1.807, 2.05) is 12.3 Å². The van der Waals surface area contributed by atoms with E-state index in [-0.39, 0.29) is 12.5 Å². The molecule has 1 aromatic carbocycles. The van der Waals surface area contributed by atoms with Gasteiger partial charge in [0.25, 0.3) is 0 Å². The van der Waals surface area contributed by atoms with Crippen molar-refractivity contribution in [2.45, 2.75) is 19.3 Å². The molecule has 1 aromatic heterocycles. The van der Waals surface area contributed by atoms with Gasteiger partial charge < -0.3 is 5.11 Å². The van der Waals surface area contributed by atoms with Gasteiger partial charge in [-0.15, -0.1) is 11.3 Å². The lowest BCUT2D eigenvalue weighted by Gasteiger charge is -2.04. The summed E-state index contributed by atoms with van der Waals surface area (Å²) in [5, 5.41) is 11.6. The van der Waals surface area contributed by atoms with E-state index in [2.05, 4.69) is 4.98 Å². The molecule has 0 saturated carbocycles. The number of hydrogen-bond donors (Lipinski definition) is 1. The van der Waals surface area contributed by atoms with Crippen molar-refractivity contribution in [3.8, 4) is 11.3 Å². The molecule has 1 atom stereocenters. The highest BCUT2D eigenvalue weighted by molar-refractivity contribution is 7.10. The molecule has 18 heavy (non-hydrogen) atoms. The second-order valence-corrected chi connectivity index (χ2v) is 5.00. The van der Waals surface area contributed by atoms with Crippen LogP contribution in [0.3, 0.4) is 0 Å². The Kier molecular flexibility index (Phi) is 4.04. The van der Waals surface area contributed by atoms with Gasteiger partial charge in [-0.25, -0.2) is 13.8 Å². The van der Waals surface area contributed by atoms with Crippen LogP contribution in [0.5, 0.6) is 0 Å². The van der Waals surface area contributed by atoms with E-state index in [0.29, 0.717) is 17.7 Å². The van der Waals surface area contributed by atoms with Crippen molar-refractivity contribution in [2.75, 3.05) is 6.61 Å². The van der Waals surface area contributed by atoms with Crippen LogP contribution in [0.15, 0.2) is 23.6 Å². The molecule has 0 amide bonds. The third kappa shape index (κ3) is 2.73. The van der Waals surface area contributed by atoms with Crippen molar-refractivity contribution in [3.05, 3.63) is 40.2 Å². The summed E-state index contributed by atoms with van der Waals surface area (Å²) in [5.41, 5.74) is 1.20. The third-order valence-corrected chi connectivity index (χ3v) is 3.80. The first-order chi connectivity index (χ1) is 8.61. The van der Waals surface area contributed by atoms with Crippen LogP contribution in [0.1, 0.15) is 24.3 Å². The molecule has 96 valence electrons. The fraction of sp³-hybridized carbons (Fsp3) is 0.308. The molecule has 1 N–H and O–H groups in total. The van der Waals surface area contributed by atoms with Crippen LogP contribution in [-0.2, 0) is 0 Å². The van der Waals surface area contributed by atoms with Crippen molar-refractivity contribution in [2.24, 2.45) is 0 Å². The van der Waals surface area contributed by atoms with Gasteiger partial charge >= 0.3 is 0 Å². The number of thiazole rings is 1. The minimum absolute atomic E-state index is 0.112. The SMILES string of the molecule is CC(CCO)c1nc(-c2ccc(F)c(F)c2)cs1. The summed E-state index contributed by atoms with van der Waals surface area (Å²) in [4.78, 5) is 4.39. The van der Waals surface area contributed by atoms with Crippen molar-refractivity contribution in [1.82, 2.24) is 4.98 Å². The number of halogens is 2. The molecule has 1 unspecified atom stereocenters. The molecule has 2 nitrogen and oxygen atoms in total. The van der Waals surface area contributed by atoms with Crippen LogP contribution >= 0.6 is 11.3 Å². The minimum atomic E-state index is -0.870. The molecular formula is C13H13F2NOS. The molecule has 0 spiro atoms. The van der Waals surface area contributed by atoms with Crippen LogP contribution in [0.25, 0.3) is 11.3 Å². The molecule has 0 saturated heterocycles. The van der Waals surface area contributed by atoms with Gasteiger partial charge in [-0.3, -0.25) is 0 Å². The van der Waals surface area contributed by atoms with E-state index in [1.165, 1.54) is 17.4 Å². The van der Waals surface area contributed by atoms with Crippen molar-refractivity contribution >= 4 is 11.3 Å². The normalized spacial score (nSPS) is 12.7. The van der Waals surface area contributed by atoms with Gasteiger partial charge in [0.05, 0.1) is 10.7 Å². The van der Waals surface area contributed by atoms with Crippen molar-refractivity contribution in [1.29, 1.82) is 0 Å². The molecule has 2 rings (SSSR count). The average molecular weight is 269 g/mol. The molecule has 0 aliphatic heterocycles. The molecule has 5 heteroatoms. The fourth-order valence-electron chi connectivity index (χ4n) is 1.62. The summed E-state index contributed by atoms with van der Waals surface area (Å²) in [5.74, 6) is -1.56. The first-order valence-corrected chi connectivity index (χ1v) is 6.51. The maximum Gasteiger partial charge on any atom is 0.159 e. The monoisotopic (exact) mass is 269 g/mol. The maximum absolute atomic E-state index is 13.1. The summed E-state index contributed by atoms with van der Waals surface area (Å²) in [6.45, 7) is 2.09. The van der Waals surface area contributed by atoms with Gasteiger partial charge in [0.2, 0.25) is 0 Å². The van der Waals surface area contributed by atoms with E-state index in [9.17, 15) is 8.78 Å². The second-order valence-electron chi connectivity index (χ2n) is 4.11. The standard InChI is InChI=1S/C13H13F2NOS/c1-8(4-5-17)13-16-12(7-18-13)9-2-3-10(14)11(15)6-9/h2-3,6-8,17H,4-5H2,1H3. The van der Waals surface area contributed by atoms with E-state index < -0.39 is 11.6 Å². The predicted molar refractivity (Wildman–Crippen MR) is 67.6 cm³/mol. The van der Waals surface area contributed by atoms with Gasteiger partial charge in [0, 0.05) is 23.5 Å². The first-order valence-electron chi connectivity index (χ1n) is 5.63. The number of aliphatic hydroxyl groups excluding tert-OH is 1. The minimum Gasteiger partial charge on any atom is -0.396 e. The summed E-state index contributed by atoms with van der Waals surface area (Å²) in [6, 6.07) is 3.75. The molecule has 0 fully saturated rings. The zero-order valence-electron chi connectivity index (χ0n) is 9.86. The van der Waals surface area contributed by atoms with Crippen molar-refractivity contribution < 1.29 is 13.9 Å². The first kappa shape index (κ1) is 13.1. The highest BCUT2D eigenvalue weighted by Gasteiger charge is 2.12. The Labute approximate surface area is 108 Å². The second kappa shape index (κ2) is 5.54. The van der Waals surface area contributed by atoms with E-state index in [4.69, 9.17) is 5.11 Å². The topological polar surface area (TPSA) is 33.1 Å². The Morgan fingerprint density at radius 1 is 1.33 bits per heavy atom. The third-order valence-electron chi connectivity index (χ3n) is 2.72. The quantitative estimate of drug-likeness (QED) is 0.920. The van der Waals surface area contributed by atoms with E-state index >= 15 is 0 Å². The lowest BCUT2D eigenvalue weighted by molar-refractivity contribution is 0.278. The molecule has 0 radical (unpaired) electrons. The number of benzene rings is 1. The maximum atomic E-state index is 13.1. The van der Waals surface area contributed by atoms with Crippen LogP contribution < -0.4 is 0 Å². The molecule has 2 aromatic rings. The van der Waals surface area contributed by atoms with Gasteiger partial charge in [0.1, 0.15) is 0 Å². The Hall–Kier alpha value is -1.33. The van der Waals surface area contributed by atoms with Crippen LogP contribution in [0.4, 0.5) is 8.78 Å². The molecular weight excluding hydrogens is 256 g/mol. The summed E-state index contributed by atoms with van der Waals surface area (Å²) in [6.07, 6.45) is 0.644. The zero-order valence-corrected chi connectivity index (χ0v) is 10.7. The Morgan fingerprint density at radius 3 is 2.78 bits per heavy atom. The fourth-order valence-corrected chi connectivity index (χ4v) is 2.54. The molecule has 0 bridgehead atoms.